The molecule has 0 aliphatic heterocycles. The Kier molecular flexibility index (Phi) is 5.51. The van der Waals surface area contributed by atoms with E-state index in [4.69, 9.17) is 16.3 Å². The van der Waals surface area contributed by atoms with Crippen LogP contribution in [-0.4, -0.2) is 18.1 Å². The second kappa shape index (κ2) is 6.70. The first-order valence-corrected chi connectivity index (χ1v) is 5.69. The van der Waals surface area contributed by atoms with Gasteiger partial charge in [-0.1, -0.05) is 12.1 Å². The molecule has 0 amide bonds. The van der Waals surface area contributed by atoms with Crippen LogP contribution in [0, 0.1) is 0 Å². The molecule has 1 unspecified atom stereocenters. The van der Waals surface area contributed by atoms with Crippen LogP contribution in [0.25, 0.3) is 0 Å². The van der Waals surface area contributed by atoms with Crippen LogP contribution in [0.2, 0.25) is 0 Å². The third-order valence-electron chi connectivity index (χ3n) is 2.36. The minimum atomic E-state index is -0.390. The summed E-state index contributed by atoms with van der Waals surface area (Å²) < 4.78 is 5.05. The summed E-state index contributed by atoms with van der Waals surface area (Å²) in [5.41, 5.74) is 0.936. The van der Waals surface area contributed by atoms with Crippen LogP contribution in [0.5, 0.6) is 5.75 Å². The lowest BCUT2D eigenvalue weighted by Gasteiger charge is -2.10. The Bertz CT molecular complexity index is 271. The average molecular weight is 229 g/mol. The smallest absolute Gasteiger partial charge is 0.118 e. The highest BCUT2D eigenvalue weighted by molar-refractivity contribution is 6.17. The molecule has 15 heavy (non-hydrogen) atoms. The summed E-state index contributed by atoms with van der Waals surface area (Å²) >= 11 is 5.57. The van der Waals surface area contributed by atoms with Crippen molar-refractivity contribution in [3.05, 3.63) is 29.8 Å². The zero-order valence-electron chi connectivity index (χ0n) is 8.95. The molecule has 1 aromatic rings. The van der Waals surface area contributed by atoms with E-state index in [-0.39, 0.29) is 6.10 Å². The van der Waals surface area contributed by atoms with Gasteiger partial charge in [0, 0.05) is 5.88 Å². The van der Waals surface area contributed by atoms with Gasteiger partial charge in [-0.15, -0.1) is 11.6 Å². The summed E-state index contributed by atoms with van der Waals surface area (Å²) in [5.74, 6) is 1.47. The summed E-state index contributed by atoms with van der Waals surface area (Å²) in [4.78, 5) is 0. The van der Waals surface area contributed by atoms with Gasteiger partial charge < -0.3 is 9.84 Å². The van der Waals surface area contributed by atoms with Gasteiger partial charge in [0.05, 0.1) is 13.2 Å². The second-order valence-corrected chi connectivity index (χ2v) is 3.85. The molecule has 1 N–H and O–H groups in total. The molecule has 0 fully saturated rings. The molecule has 0 saturated carbocycles. The number of aliphatic hydroxyl groups excluding tert-OH is 1. The molecular formula is C12H17ClO2. The minimum absolute atomic E-state index is 0.390. The number of unbranched alkanes of at least 4 members (excludes halogenated alkanes) is 1. The number of hydrogen-bond donors (Lipinski definition) is 1. The van der Waals surface area contributed by atoms with Crippen molar-refractivity contribution in [3.8, 4) is 5.75 Å². The van der Waals surface area contributed by atoms with Gasteiger partial charge in [0.25, 0.3) is 0 Å². The first kappa shape index (κ1) is 12.3. The van der Waals surface area contributed by atoms with E-state index < -0.39 is 0 Å². The highest BCUT2D eigenvalue weighted by atomic mass is 35.5. The van der Waals surface area contributed by atoms with Gasteiger partial charge in [-0.05, 0) is 37.0 Å². The fourth-order valence-electron chi connectivity index (χ4n) is 1.42. The van der Waals surface area contributed by atoms with Crippen LogP contribution < -0.4 is 4.74 Å². The first-order chi connectivity index (χ1) is 7.27. The van der Waals surface area contributed by atoms with Crippen molar-refractivity contribution in [2.24, 2.45) is 0 Å². The van der Waals surface area contributed by atoms with Gasteiger partial charge in [-0.3, -0.25) is 0 Å². The number of alkyl halides is 1. The van der Waals surface area contributed by atoms with Crippen molar-refractivity contribution >= 4 is 11.6 Å². The summed E-state index contributed by atoms with van der Waals surface area (Å²) in [6.07, 6.45) is 2.28. The van der Waals surface area contributed by atoms with Gasteiger partial charge in [0.2, 0.25) is 0 Å². The third kappa shape index (κ3) is 4.10. The number of hydrogen-bond acceptors (Lipinski definition) is 2. The summed E-state index contributed by atoms with van der Waals surface area (Å²) in [5, 5.41) is 9.83. The zero-order chi connectivity index (χ0) is 11.1. The highest BCUT2D eigenvalue weighted by Crippen LogP contribution is 2.21. The van der Waals surface area contributed by atoms with E-state index in [0.717, 1.165) is 30.6 Å². The normalized spacial score (nSPS) is 12.5. The SMILES string of the molecule is COc1ccc(C(O)CCCCCl)cc1. The lowest BCUT2D eigenvalue weighted by molar-refractivity contribution is 0.164. The fraction of sp³-hybridized carbons (Fsp3) is 0.500. The average Bonchev–Trinajstić information content (AvgIpc) is 2.29. The number of rotatable bonds is 6. The molecule has 0 spiro atoms. The molecule has 3 heteroatoms. The van der Waals surface area contributed by atoms with Crippen LogP contribution >= 0.6 is 11.6 Å². The topological polar surface area (TPSA) is 29.5 Å². The Balaban J connectivity index is 2.46. The Hall–Kier alpha value is -0.730. The molecule has 84 valence electrons. The molecule has 0 heterocycles. The molecule has 1 aromatic carbocycles. The first-order valence-electron chi connectivity index (χ1n) is 5.16. The van der Waals surface area contributed by atoms with E-state index in [2.05, 4.69) is 0 Å². The largest absolute Gasteiger partial charge is 0.497 e. The van der Waals surface area contributed by atoms with Crippen LogP contribution in [-0.2, 0) is 0 Å². The van der Waals surface area contributed by atoms with Crippen LogP contribution in [0.1, 0.15) is 30.9 Å². The van der Waals surface area contributed by atoms with Crippen LogP contribution in [0.15, 0.2) is 24.3 Å². The van der Waals surface area contributed by atoms with E-state index in [1.54, 1.807) is 7.11 Å². The maximum absolute atomic E-state index is 9.83. The van der Waals surface area contributed by atoms with Crippen molar-refractivity contribution in [2.45, 2.75) is 25.4 Å². The van der Waals surface area contributed by atoms with Crippen molar-refractivity contribution in [1.29, 1.82) is 0 Å². The molecule has 0 aromatic heterocycles. The van der Waals surface area contributed by atoms with Gasteiger partial charge in [-0.25, -0.2) is 0 Å². The maximum atomic E-state index is 9.83. The van der Waals surface area contributed by atoms with Crippen molar-refractivity contribution < 1.29 is 9.84 Å². The maximum Gasteiger partial charge on any atom is 0.118 e. The third-order valence-corrected chi connectivity index (χ3v) is 2.63. The number of ether oxygens (including phenoxy) is 1. The van der Waals surface area contributed by atoms with Crippen molar-refractivity contribution in [2.75, 3.05) is 13.0 Å². The fourth-order valence-corrected chi connectivity index (χ4v) is 1.61. The standard InChI is InChI=1S/C12H17ClO2/c1-15-11-7-5-10(6-8-11)12(14)4-2-3-9-13/h5-8,12,14H,2-4,9H2,1H3. The summed E-state index contributed by atoms with van der Waals surface area (Å²) in [6, 6.07) is 7.51. The quantitative estimate of drug-likeness (QED) is 0.599. The molecule has 1 atom stereocenters. The summed E-state index contributed by atoms with van der Waals surface area (Å²) in [6.45, 7) is 0. The van der Waals surface area contributed by atoms with Gasteiger partial charge in [-0.2, -0.15) is 0 Å². The van der Waals surface area contributed by atoms with E-state index in [9.17, 15) is 5.11 Å². The van der Waals surface area contributed by atoms with E-state index in [0.29, 0.717) is 5.88 Å². The lowest BCUT2D eigenvalue weighted by atomic mass is 10.0. The van der Waals surface area contributed by atoms with Crippen LogP contribution in [0.3, 0.4) is 0 Å². The summed E-state index contributed by atoms with van der Waals surface area (Å²) in [7, 11) is 1.63. The van der Waals surface area contributed by atoms with Gasteiger partial charge in [0.15, 0.2) is 0 Å². The molecular weight excluding hydrogens is 212 g/mol. The van der Waals surface area contributed by atoms with E-state index in [1.165, 1.54) is 0 Å². The molecule has 0 bridgehead atoms. The van der Waals surface area contributed by atoms with Gasteiger partial charge >= 0.3 is 0 Å². The Morgan fingerprint density at radius 2 is 1.93 bits per heavy atom. The minimum Gasteiger partial charge on any atom is -0.497 e. The lowest BCUT2D eigenvalue weighted by Crippen LogP contribution is -1.97. The zero-order valence-corrected chi connectivity index (χ0v) is 9.70. The molecule has 0 radical (unpaired) electrons. The van der Waals surface area contributed by atoms with Crippen molar-refractivity contribution in [1.82, 2.24) is 0 Å². The Labute approximate surface area is 95.8 Å². The predicted octanol–water partition coefficient (Wildman–Crippen LogP) is 3.14. The number of halogens is 1. The Morgan fingerprint density at radius 3 is 2.47 bits per heavy atom. The monoisotopic (exact) mass is 228 g/mol. The molecule has 0 aliphatic rings. The molecule has 0 saturated heterocycles. The highest BCUT2D eigenvalue weighted by Gasteiger charge is 2.06. The number of aliphatic hydroxyl groups is 1. The van der Waals surface area contributed by atoms with E-state index >= 15 is 0 Å². The number of methoxy groups -OCH3 is 1. The van der Waals surface area contributed by atoms with Crippen LogP contribution in [0.4, 0.5) is 0 Å². The second-order valence-electron chi connectivity index (χ2n) is 3.47. The molecule has 0 aliphatic carbocycles. The van der Waals surface area contributed by atoms with Crippen molar-refractivity contribution in [3.63, 3.8) is 0 Å². The number of benzene rings is 1. The Morgan fingerprint density at radius 1 is 1.27 bits per heavy atom. The molecule has 1 rings (SSSR count). The van der Waals surface area contributed by atoms with E-state index in [1.807, 2.05) is 24.3 Å². The predicted molar refractivity (Wildman–Crippen MR) is 62.5 cm³/mol. The molecule has 2 nitrogen and oxygen atoms in total. The van der Waals surface area contributed by atoms with Gasteiger partial charge in [0.1, 0.15) is 5.75 Å².